The van der Waals surface area contributed by atoms with E-state index in [1.54, 1.807) is 12.4 Å². The van der Waals surface area contributed by atoms with Crippen molar-refractivity contribution in [2.45, 2.75) is 37.5 Å². The molecule has 1 unspecified atom stereocenters. The first-order chi connectivity index (χ1) is 11.7. The Morgan fingerprint density at radius 2 is 2.21 bits per heavy atom. The molecule has 6 nitrogen and oxygen atoms in total. The average molecular weight is 328 g/mol. The van der Waals surface area contributed by atoms with Crippen LogP contribution in [0.1, 0.15) is 25.1 Å². The Labute approximate surface area is 142 Å². The number of piperidine rings is 1. The topological polar surface area (TPSA) is 52.4 Å². The van der Waals surface area contributed by atoms with E-state index in [4.69, 9.17) is 9.47 Å². The number of ether oxygens (including phenoxy) is 2. The second kappa shape index (κ2) is 6.53. The molecule has 6 heteroatoms. The zero-order valence-electron chi connectivity index (χ0n) is 14.1. The number of imidazole rings is 1. The van der Waals surface area contributed by atoms with Crippen molar-refractivity contribution in [2.75, 3.05) is 19.7 Å². The minimum absolute atomic E-state index is 0.00892. The SMILES string of the molecule is Cn1ccnc1CN1CCC2(CC1)CC(Oc1cccnc1)CO2. The maximum Gasteiger partial charge on any atom is 0.138 e. The number of hydrogen-bond donors (Lipinski definition) is 0. The average Bonchev–Trinajstić information content (AvgIpc) is 3.18. The van der Waals surface area contributed by atoms with Gasteiger partial charge in [0.15, 0.2) is 0 Å². The molecule has 2 saturated heterocycles. The van der Waals surface area contributed by atoms with Crippen molar-refractivity contribution in [1.82, 2.24) is 19.4 Å². The highest BCUT2D eigenvalue weighted by Crippen LogP contribution is 2.37. The molecule has 2 aliphatic heterocycles. The first-order valence-corrected chi connectivity index (χ1v) is 8.62. The van der Waals surface area contributed by atoms with E-state index in [2.05, 4.69) is 19.4 Å². The van der Waals surface area contributed by atoms with Crippen molar-refractivity contribution < 1.29 is 9.47 Å². The summed E-state index contributed by atoms with van der Waals surface area (Å²) < 4.78 is 14.3. The maximum atomic E-state index is 6.18. The lowest BCUT2D eigenvalue weighted by molar-refractivity contribution is -0.0459. The van der Waals surface area contributed by atoms with Crippen molar-refractivity contribution >= 4 is 0 Å². The number of hydrogen-bond acceptors (Lipinski definition) is 5. The van der Waals surface area contributed by atoms with E-state index < -0.39 is 0 Å². The van der Waals surface area contributed by atoms with Gasteiger partial charge in [-0.1, -0.05) is 0 Å². The van der Waals surface area contributed by atoms with Crippen LogP contribution >= 0.6 is 0 Å². The van der Waals surface area contributed by atoms with Crippen LogP contribution in [0.5, 0.6) is 5.75 Å². The molecule has 0 aromatic carbocycles. The highest BCUT2D eigenvalue weighted by atomic mass is 16.6. The van der Waals surface area contributed by atoms with Gasteiger partial charge >= 0.3 is 0 Å². The van der Waals surface area contributed by atoms with Gasteiger partial charge in [-0.3, -0.25) is 9.88 Å². The molecule has 0 saturated carbocycles. The molecule has 128 valence electrons. The van der Waals surface area contributed by atoms with Crippen molar-refractivity contribution in [3.8, 4) is 5.75 Å². The van der Waals surface area contributed by atoms with Crippen LogP contribution in [0, 0.1) is 0 Å². The van der Waals surface area contributed by atoms with E-state index in [1.807, 2.05) is 31.6 Å². The summed E-state index contributed by atoms with van der Waals surface area (Å²) in [6.45, 7) is 3.68. The monoisotopic (exact) mass is 328 g/mol. The number of aryl methyl sites for hydroxylation is 1. The summed E-state index contributed by atoms with van der Waals surface area (Å²) in [5.74, 6) is 1.95. The van der Waals surface area contributed by atoms with Crippen LogP contribution in [-0.4, -0.2) is 50.8 Å². The van der Waals surface area contributed by atoms with Crippen molar-refractivity contribution in [3.63, 3.8) is 0 Å². The van der Waals surface area contributed by atoms with E-state index in [0.717, 1.165) is 50.5 Å². The van der Waals surface area contributed by atoms with Crippen LogP contribution in [0.4, 0.5) is 0 Å². The Kier molecular flexibility index (Phi) is 4.24. The van der Waals surface area contributed by atoms with Gasteiger partial charge in [0.2, 0.25) is 0 Å². The summed E-state index contributed by atoms with van der Waals surface area (Å²) in [4.78, 5) is 11.0. The largest absolute Gasteiger partial charge is 0.486 e. The zero-order valence-corrected chi connectivity index (χ0v) is 14.1. The predicted molar refractivity (Wildman–Crippen MR) is 89.7 cm³/mol. The molecule has 0 radical (unpaired) electrons. The van der Waals surface area contributed by atoms with Gasteiger partial charge in [0, 0.05) is 45.1 Å². The third kappa shape index (κ3) is 3.30. The fourth-order valence-corrected chi connectivity index (χ4v) is 3.70. The van der Waals surface area contributed by atoms with Crippen LogP contribution in [0.25, 0.3) is 0 Å². The lowest BCUT2D eigenvalue weighted by atomic mass is 9.88. The van der Waals surface area contributed by atoms with E-state index in [-0.39, 0.29) is 11.7 Å². The Morgan fingerprint density at radius 1 is 1.33 bits per heavy atom. The molecule has 2 aliphatic rings. The van der Waals surface area contributed by atoms with Gasteiger partial charge in [-0.05, 0) is 25.0 Å². The second-order valence-electron chi connectivity index (χ2n) is 6.86. The van der Waals surface area contributed by atoms with Gasteiger partial charge in [0.25, 0.3) is 0 Å². The maximum absolute atomic E-state index is 6.18. The Hall–Kier alpha value is -1.92. The number of likely N-dealkylation sites (tertiary alicyclic amines) is 1. The van der Waals surface area contributed by atoms with Crippen molar-refractivity contribution in [3.05, 3.63) is 42.7 Å². The molecular formula is C18H24N4O2. The Balaban J connectivity index is 1.30. The zero-order chi connectivity index (χ0) is 16.4. The summed E-state index contributed by atoms with van der Waals surface area (Å²) in [5, 5.41) is 0. The molecule has 1 spiro atoms. The molecule has 1 atom stereocenters. The standard InChI is InChI=1S/C18H24N4O2/c1-21-10-7-20-17(21)13-22-8-4-18(5-9-22)11-16(14-23-18)24-15-3-2-6-19-12-15/h2-3,6-7,10,12,16H,4-5,8-9,11,13-14H2,1H3. The minimum Gasteiger partial charge on any atom is -0.486 e. The molecule has 0 N–H and O–H groups in total. The number of pyridine rings is 1. The number of rotatable bonds is 4. The minimum atomic E-state index is -0.00892. The van der Waals surface area contributed by atoms with Gasteiger partial charge < -0.3 is 14.0 Å². The summed E-state index contributed by atoms with van der Waals surface area (Å²) in [6, 6.07) is 3.85. The summed E-state index contributed by atoms with van der Waals surface area (Å²) in [6.07, 6.45) is 10.6. The van der Waals surface area contributed by atoms with E-state index in [9.17, 15) is 0 Å². The van der Waals surface area contributed by atoms with Gasteiger partial charge in [-0.15, -0.1) is 0 Å². The van der Waals surface area contributed by atoms with Gasteiger partial charge in [-0.2, -0.15) is 0 Å². The predicted octanol–water partition coefficient (Wildman–Crippen LogP) is 2.02. The number of nitrogens with zero attached hydrogens (tertiary/aromatic N) is 4. The molecule has 0 aliphatic carbocycles. The van der Waals surface area contributed by atoms with Crippen molar-refractivity contribution in [2.24, 2.45) is 7.05 Å². The first-order valence-electron chi connectivity index (χ1n) is 8.62. The first kappa shape index (κ1) is 15.6. The molecule has 2 aromatic rings. The fourth-order valence-electron chi connectivity index (χ4n) is 3.70. The van der Waals surface area contributed by atoms with Crippen LogP contribution in [0.2, 0.25) is 0 Å². The molecular weight excluding hydrogens is 304 g/mol. The summed E-state index contributed by atoms with van der Waals surface area (Å²) in [7, 11) is 2.05. The Morgan fingerprint density at radius 3 is 2.92 bits per heavy atom. The van der Waals surface area contributed by atoms with Crippen LogP contribution in [0.3, 0.4) is 0 Å². The third-order valence-corrected chi connectivity index (χ3v) is 5.17. The molecule has 4 heterocycles. The fraction of sp³-hybridized carbons (Fsp3) is 0.556. The number of aromatic nitrogens is 3. The highest BCUT2D eigenvalue weighted by Gasteiger charge is 2.43. The lowest BCUT2D eigenvalue weighted by Gasteiger charge is -2.38. The molecule has 2 fully saturated rings. The smallest absolute Gasteiger partial charge is 0.138 e. The highest BCUT2D eigenvalue weighted by molar-refractivity contribution is 5.16. The van der Waals surface area contributed by atoms with Crippen molar-refractivity contribution in [1.29, 1.82) is 0 Å². The van der Waals surface area contributed by atoms with E-state index in [1.165, 1.54) is 0 Å². The van der Waals surface area contributed by atoms with Crippen LogP contribution in [-0.2, 0) is 18.3 Å². The second-order valence-corrected chi connectivity index (χ2v) is 6.86. The van der Waals surface area contributed by atoms with Gasteiger partial charge in [0.05, 0.1) is 24.9 Å². The normalized spacial score (nSPS) is 23.6. The molecule has 24 heavy (non-hydrogen) atoms. The van der Waals surface area contributed by atoms with Gasteiger partial charge in [-0.25, -0.2) is 4.98 Å². The van der Waals surface area contributed by atoms with Crippen LogP contribution in [0.15, 0.2) is 36.9 Å². The summed E-state index contributed by atoms with van der Waals surface area (Å²) in [5.41, 5.74) is -0.00892. The molecule has 0 bridgehead atoms. The Bertz CT molecular complexity index is 665. The van der Waals surface area contributed by atoms with Crippen LogP contribution < -0.4 is 4.74 Å². The van der Waals surface area contributed by atoms with Gasteiger partial charge in [0.1, 0.15) is 17.7 Å². The van der Waals surface area contributed by atoms with E-state index in [0.29, 0.717) is 6.61 Å². The molecule has 0 amide bonds. The molecule has 2 aromatic heterocycles. The third-order valence-electron chi connectivity index (χ3n) is 5.17. The summed E-state index contributed by atoms with van der Waals surface area (Å²) >= 11 is 0. The van der Waals surface area contributed by atoms with E-state index >= 15 is 0 Å². The lowest BCUT2D eigenvalue weighted by Crippen LogP contribution is -2.44. The molecule has 4 rings (SSSR count). The quantitative estimate of drug-likeness (QED) is 0.859.